The molecule has 0 saturated heterocycles. The first-order valence-corrected chi connectivity index (χ1v) is 10.7. The number of benzene rings is 2. The van der Waals surface area contributed by atoms with Gasteiger partial charge in [-0.15, -0.1) is 11.3 Å². The zero-order valence-corrected chi connectivity index (χ0v) is 18.5. The Morgan fingerprint density at radius 2 is 1.83 bits per heavy atom. The molecule has 0 saturated carbocycles. The zero-order chi connectivity index (χ0) is 20.8. The van der Waals surface area contributed by atoms with E-state index in [0.29, 0.717) is 22.2 Å². The lowest BCUT2D eigenvalue weighted by Gasteiger charge is -2.11. The summed E-state index contributed by atoms with van der Waals surface area (Å²) in [6.45, 7) is 2.65. The number of rotatable bonds is 6. The lowest BCUT2D eigenvalue weighted by Crippen LogP contribution is -2.30. The number of nitrogens with one attached hydrogen (secondary N) is 2. The second kappa shape index (κ2) is 9.87. The van der Waals surface area contributed by atoms with Crippen LogP contribution in [-0.4, -0.2) is 24.7 Å². The van der Waals surface area contributed by atoms with E-state index in [1.807, 2.05) is 61.5 Å². The number of esters is 1. The van der Waals surface area contributed by atoms with Crippen LogP contribution >= 0.6 is 35.2 Å². The van der Waals surface area contributed by atoms with Crippen LogP contribution in [0.4, 0.5) is 5.00 Å². The van der Waals surface area contributed by atoms with Gasteiger partial charge in [0.25, 0.3) is 0 Å². The molecule has 1 aromatic heterocycles. The highest BCUT2D eigenvalue weighted by Gasteiger charge is 2.24. The summed E-state index contributed by atoms with van der Waals surface area (Å²) in [5, 5.41) is 8.22. The normalized spacial score (nSPS) is 10.4. The fourth-order valence-corrected chi connectivity index (χ4v) is 4.46. The summed E-state index contributed by atoms with van der Waals surface area (Å²) in [5.41, 5.74) is 3.51. The number of hydrogen-bond donors (Lipinski definition) is 2. The number of ether oxygens (including phenoxy) is 1. The Bertz CT molecular complexity index is 1000. The van der Waals surface area contributed by atoms with Gasteiger partial charge < -0.3 is 15.4 Å². The fourth-order valence-electron chi connectivity index (χ4n) is 3.00. The van der Waals surface area contributed by atoms with Crippen LogP contribution < -0.4 is 10.6 Å². The summed E-state index contributed by atoms with van der Waals surface area (Å²) in [4.78, 5) is 13.5. The van der Waals surface area contributed by atoms with E-state index in [0.717, 1.165) is 27.4 Å². The third-order valence-corrected chi connectivity index (χ3v) is 5.89. The number of carbonyl (C=O) groups excluding carboxylic acids is 1. The van der Waals surface area contributed by atoms with Gasteiger partial charge in [0.1, 0.15) is 10.6 Å². The zero-order valence-electron chi connectivity index (χ0n) is 16.1. The molecule has 150 valence electrons. The monoisotopic (exact) mass is 444 g/mol. The largest absolute Gasteiger partial charge is 0.465 e. The number of carbonyl (C=O) groups is 1. The highest BCUT2D eigenvalue weighted by atomic mass is 35.5. The quantitative estimate of drug-likeness (QED) is 0.377. The summed E-state index contributed by atoms with van der Waals surface area (Å²) in [6.07, 6.45) is 0.807. The van der Waals surface area contributed by atoms with Crippen LogP contribution in [0.1, 0.15) is 20.8 Å². The minimum Gasteiger partial charge on any atom is -0.465 e. The predicted octanol–water partition coefficient (Wildman–Crippen LogP) is 5.69. The molecule has 0 aliphatic rings. The maximum atomic E-state index is 12.5. The van der Waals surface area contributed by atoms with Gasteiger partial charge in [-0.25, -0.2) is 4.79 Å². The first kappa shape index (κ1) is 21.3. The van der Waals surface area contributed by atoms with Gasteiger partial charge in [0.05, 0.1) is 7.11 Å². The van der Waals surface area contributed by atoms with Crippen LogP contribution in [0.5, 0.6) is 0 Å². The van der Waals surface area contributed by atoms with Crippen molar-refractivity contribution in [1.29, 1.82) is 0 Å². The molecule has 0 atom stereocenters. The molecular weight excluding hydrogens is 424 g/mol. The van der Waals surface area contributed by atoms with Crippen LogP contribution in [0.25, 0.3) is 11.1 Å². The van der Waals surface area contributed by atoms with E-state index in [2.05, 4.69) is 10.6 Å². The number of aryl methyl sites for hydroxylation is 1. The minimum atomic E-state index is -0.389. The summed E-state index contributed by atoms with van der Waals surface area (Å²) < 4.78 is 5.04. The summed E-state index contributed by atoms with van der Waals surface area (Å²) in [6, 6.07) is 17.5. The second-order valence-corrected chi connectivity index (χ2v) is 8.42. The Hall–Kier alpha value is -2.41. The molecule has 4 nitrogen and oxygen atoms in total. The molecule has 0 aliphatic heterocycles. The Morgan fingerprint density at radius 3 is 2.48 bits per heavy atom. The van der Waals surface area contributed by atoms with Crippen LogP contribution in [0.15, 0.2) is 54.6 Å². The van der Waals surface area contributed by atoms with Crippen molar-refractivity contribution in [2.45, 2.75) is 13.3 Å². The Morgan fingerprint density at radius 1 is 1.14 bits per heavy atom. The van der Waals surface area contributed by atoms with Gasteiger partial charge in [0.2, 0.25) is 0 Å². The topological polar surface area (TPSA) is 50.4 Å². The number of halogens is 1. The fraction of sp³-hybridized carbons (Fsp3) is 0.182. The molecular formula is C22H21ClN2O2S2. The molecule has 3 aromatic rings. The van der Waals surface area contributed by atoms with Gasteiger partial charge in [-0.1, -0.05) is 54.1 Å². The van der Waals surface area contributed by atoms with Crippen LogP contribution in [0.2, 0.25) is 5.02 Å². The minimum absolute atomic E-state index is 0.389. The molecule has 0 radical (unpaired) electrons. The molecule has 7 heteroatoms. The lowest BCUT2D eigenvalue weighted by atomic mass is 10.0. The van der Waals surface area contributed by atoms with E-state index in [-0.39, 0.29) is 5.97 Å². The molecule has 0 spiro atoms. The van der Waals surface area contributed by atoms with Crippen LogP contribution in [0, 0.1) is 6.92 Å². The number of methoxy groups -OCH3 is 1. The average molecular weight is 445 g/mol. The molecule has 0 aliphatic carbocycles. The number of thiocarbonyl (C=S) groups is 1. The Labute approximate surface area is 184 Å². The Balaban J connectivity index is 1.73. The molecule has 0 fully saturated rings. The molecule has 0 bridgehead atoms. The van der Waals surface area contributed by atoms with Crippen molar-refractivity contribution in [3.63, 3.8) is 0 Å². The van der Waals surface area contributed by atoms with E-state index >= 15 is 0 Å². The van der Waals surface area contributed by atoms with E-state index < -0.39 is 0 Å². The summed E-state index contributed by atoms with van der Waals surface area (Å²) >= 11 is 12.8. The third kappa shape index (κ3) is 5.35. The van der Waals surface area contributed by atoms with E-state index in [4.69, 9.17) is 28.6 Å². The van der Waals surface area contributed by atoms with Crippen LogP contribution in [0.3, 0.4) is 0 Å². The third-order valence-electron chi connectivity index (χ3n) is 4.38. The van der Waals surface area contributed by atoms with Gasteiger partial charge in [-0.3, -0.25) is 0 Å². The first-order valence-electron chi connectivity index (χ1n) is 9.06. The number of thiophene rings is 1. The van der Waals surface area contributed by atoms with Gasteiger partial charge in [0.15, 0.2) is 5.11 Å². The van der Waals surface area contributed by atoms with Gasteiger partial charge in [-0.05, 0) is 48.8 Å². The lowest BCUT2D eigenvalue weighted by molar-refractivity contribution is 0.0603. The van der Waals surface area contributed by atoms with Crippen molar-refractivity contribution in [2.75, 3.05) is 19.0 Å². The highest BCUT2D eigenvalue weighted by molar-refractivity contribution is 7.80. The number of anilines is 1. The van der Waals surface area contributed by atoms with Gasteiger partial charge >= 0.3 is 5.97 Å². The molecule has 2 N–H and O–H groups in total. The summed E-state index contributed by atoms with van der Waals surface area (Å²) in [7, 11) is 1.39. The second-order valence-electron chi connectivity index (χ2n) is 6.35. The van der Waals surface area contributed by atoms with Crippen molar-refractivity contribution in [2.24, 2.45) is 0 Å². The van der Waals surface area contributed by atoms with Crippen molar-refractivity contribution >= 4 is 51.2 Å². The van der Waals surface area contributed by atoms with Crippen LogP contribution in [-0.2, 0) is 11.2 Å². The van der Waals surface area contributed by atoms with Crippen molar-refractivity contribution in [3.8, 4) is 11.1 Å². The van der Waals surface area contributed by atoms with Crippen molar-refractivity contribution < 1.29 is 9.53 Å². The van der Waals surface area contributed by atoms with E-state index in [9.17, 15) is 4.79 Å². The SMILES string of the molecule is COC(=O)c1c(NC(=S)NCCc2ccc(Cl)cc2)sc(C)c1-c1ccccc1. The Kier molecular flexibility index (Phi) is 7.25. The van der Waals surface area contributed by atoms with E-state index in [1.165, 1.54) is 24.0 Å². The van der Waals surface area contributed by atoms with Gasteiger partial charge in [-0.2, -0.15) is 0 Å². The molecule has 0 unspecified atom stereocenters. The highest BCUT2D eigenvalue weighted by Crippen LogP contribution is 2.40. The number of hydrogen-bond acceptors (Lipinski definition) is 4. The molecule has 3 rings (SSSR count). The standard InChI is InChI=1S/C22H21ClN2O2S2/c1-14-18(16-6-4-3-5-7-16)19(21(26)27-2)20(29-14)25-22(28)24-13-12-15-8-10-17(23)11-9-15/h3-11H,12-13H2,1-2H3,(H2,24,25,28). The maximum absolute atomic E-state index is 12.5. The summed E-state index contributed by atoms with van der Waals surface area (Å²) in [5.74, 6) is -0.389. The predicted molar refractivity (Wildman–Crippen MR) is 125 cm³/mol. The molecule has 1 heterocycles. The molecule has 2 aromatic carbocycles. The van der Waals surface area contributed by atoms with E-state index in [1.54, 1.807) is 0 Å². The molecule has 0 amide bonds. The average Bonchev–Trinajstić information content (AvgIpc) is 3.05. The smallest absolute Gasteiger partial charge is 0.341 e. The van der Waals surface area contributed by atoms with Crippen molar-refractivity contribution in [3.05, 3.63) is 75.6 Å². The molecule has 29 heavy (non-hydrogen) atoms. The van der Waals surface area contributed by atoms with Crippen molar-refractivity contribution in [1.82, 2.24) is 5.32 Å². The first-order chi connectivity index (χ1) is 14.0. The maximum Gasteiger partial charge on any atom is 0.341 e. The van der Waals surface area contributed by atoms with Gasteiger partial charge in [0, 0.05) is 22.0 Å².